The summed E-state index contributed by atoms with van der Waals surface area (Å²) < 4.78 is 118. The molecule has 8 unspecified atom stereocenters. The van der Waals surface area contributed by atoms with Crippen molar-refractivity contribution in [2.45, 2.75) is 73.3 Å². The first kappa shape index (κ1) is 30.4. The lowest BCUT2D eigenvalue weighted by Gasteiger charge is -2.35. The number of rotatable bonds is 10. The normalized spacial score (nSPS) is 30.8. The van der Waals surface area contributed by atoms with Crippen molar-refractivity contribution >= 4 is 66.5 Å². The van der Waals surface area contributed by atoms with Crippen LogP contribution in [-0.2, 0) is 51.3 Å². The zero-order valence-electron chi connectivity index (χ0n) is 18.5. The molecule has 2 aliphatic carbocycles. The van der Waals surface area contributed by atoms with E-state index in [9.17, 15) is 43.5 Å². The molecule has 0 spiro atoms. The van der Waals surface area contributed by atoms with Crippen molar-refractivity contribution in [3.05, 3.63) is 5.28 Å². The van der Waals surface area contributed by atoms with E-state index in [-0.39, 0.29) is 55.7 Å². The third kappa shape index (κ3) is 8.95. The predicted molar refractivity (Wildman–Crippen MR) is 126 cm³/mol. The Morgan fingerprint density at radius 1 is 0.784 bits per heavy atom. The lowest BCUT2D eigenvalue weighted by Crippen LogP contribution is -2.45. The molecule has 0 amide bonds. The van der Waals surface area contributed by atoms with Crippen LogP contribution >= 0.6 is 11.6 Å². The number of nitrogens with zero attached hydrogens (tertiary/aromatic N) is 3. The van der Waals surface area contributed by atoms with Crippen molar-refractivity contribution in [3.63, 3.8) is 0 Å². The molecule has 0 bridgehead atoms. The molecule has 8 atom stereocenters. The summed E-state index contributed by atoms with van der Waals surface area (Å²) in [5, 5.41) is 2.46. The van der Waals surface area contributed by atoms with Crippen LogP contribution in [-0.4, -0.2) is 93.2 Å². The van der Waals surface area contributed by atoms with Gasteiger partial charge in [0, 0.05) is 12.1 Å². The summed E-state index contributed by atoms with van der Waals surface area (Å²) in [6.45, 7) is 0. The molecule has 1 heterocycles. The Labute approximate surface area is 222 Å². The smallest absolute Gasteiger partial charge is 0.270 e. The van der Waals surface area contributed by atoms with E-state index < -0.39 is 77.8 Å². The number of anilines is 2. The highest BCUT2D eigenvalue weighted by molar-refractivity contribution is 7.86. The van der Waals surface area contributed by atoms with Crippen LogP contribution in [0.2, 0.25) is 5.28 Å². The van der Waals surface area contributed by atoms with Crippen LogP contribution in [0.15, 0.2) is 0 Å². The standard InChI is InChI=1S/C15H24ClN5O12S4/c16-13-19-14(17-7-2-4-11(36(26,27)28)10(5-7)33-35(24)25)21-15(20-13)18-8-1-3-9(32-34(22)23)12(6-8)37(29,30)31/h7-12H,1-6H2,(H,22,23)(H,24,25)(H,26,27,28)(H,29,30,31)(H2,17,18,19,20,21)/p-2. The van der Waals surface area contributed by atoms with Crippen LogP contribution in [0, 0.1) is 0 Å². The van der Waals surface area contributed by atoms with E-state index >= 15 is 0 Å². The average molecular weight is 628 g/mol. The van der Waals surface area contributed by atoms with Gasteiger partial charge < -0.3 is 19.7 Å². The monoisotopic (exact) mass is 627 g/mol. The van der Waals surface area contributed by atoms with Gasteiger partial charge in [0.25, 0.3) is 20.2 Å². The van der Waals surface area contributed by atoms with E-state index in [4.69, 9.17) is 11.6 Å². The molecule has 212 valence electrons. The van der Waals surface area contributed by atoms with Gasteiger partial charge in [0.15, 0.2) is 0 Å². The van der Waals surface area contributed by atoms with Gasteiger partial charge in [-0.3, -0.25) is 17.5 Å². The average Bonchev–Trinajstić information content (AvgIpc) is 2.72. The highest BCUT2D eigenvalue weighted by Gasteiger charge is 2.41. The number of halogens is 1. The molecular weight excluding hydrogens is 606 g/mol. The summed E-state index contributed by atoms with van der Waals surface area (Å²) in [4.78, 5) is 11.9. The number of hydrogen-bond acceptors (Lipinski definition) is 15. The largest absolute Gasteiger partial charge is 0.750 e. The minimum absolute atomic E-state index is 0.0283. The van der Waals surface area contributed by atoms with Gasteiger partial charge in [-0.1, -0.05) is 0 Å². The van der Waals surface area contributed by atoms with Gasteiger partial charge in [0.05, 0.1) is 34.9 Å². The number of nitrogens with one attached hydrogen (secondary N) is 2. The Morgan fingerprint density at radius 2 is 1.27 bits per heavy atom. The second kappa shape index (κ2) is 12.4. The third-order valence-electron chi connectivity index (χ3n) is 5.91. The summed E-state index contributed by atoms with van der Waals surface area (Å²) in [5.41, 5.74) is 0. The molecule has 0 aliphatic heterocycles. The van der Waals surface area contributed by atoms with Crippen molar-refractivity contribution in [1.29, 1.82) is 0 Å². The lowest BCUT2D eigenvalue weighted by atomic mass is 9.92. The summed E-state index contributed by atoms with van der Waals surface area (Å²) in [7, 11) is -9.23. The van der Waals surface area contributed by atoms with Crippen molar-refractivity contribution in [2.75, 3.05) is 10.6 Å². The zero-order chi connectivity index (χ0) is 27.5. The van der Waals surface area contributed by atoms with Gasteiger partial charge in [-0.2, -0.15) is 31.8 Å². The molecule has 17 nitrogen and oxygen atoms in total. The minimum Gasteiger partial charge on any atom is -0.750 e. The molecule has 0 saturated heterocycles. The second-order valence-corrected chi connectivity index (χ2v) is 13.2. The fraction of sp³-hybridized carbons (Fsp3) is 0.800. The fourth-order valence-electron chi connectivity index (χ4n) is 4.38. The van der Waals surface area contributed by atoms with Crippen LogP contribution in [0.25, 0.3) is 0 Å². The van der Waals surface area contributed by atoms with Crippen LogP contribution in [0.1, 0.15) is 38.5 Å². The topological polar surface area (TPSA) is 270 Å². The van der Waals surface area contributed by atoms with Gasteiger partial charge in [0.2, 0.25) is 17.2 Å². The predicted octanol–water partition coefficient (Wildman–Crippen LogP) is -0.675. The van der Waals surface area contributed by atoms with Crippen LogP contribution in [0.5, 0.6) is 0 Å². The molecule has 0 radical (unpaired) electrons. The molecule has 2 fully saturated rings. The molecule has 1 aromatic rings. The van der Waals surface area contributed by atoms with Crippen LogP contribution < -0.4 is 10.6 Å². The Balaban J connectivity index is 1.70. The Bertz CT molecular complexity index is 1240. The van der Waals surface area contributed by atoms with E-state index in [0.717, 1.165) is 0 Å². The van der Waals surface area contributed by atoms with E-state index in [2.05, 4.69) is 34.0 Å². The maximum Gasteiger partial charge on any atom is 0.270 e. The molecule has 2 aliphatic rings. The maximum atomic E-state index is 11.8. The van der Waals surface area contributed by atoms with E-state index in [1.54, 1.807) is 0 Å². The Morgan fingerprint density at radius 3 is 1.78 bits per heavy atom. The Hall–Kier alpha value is -1.14. The Kier molecular flexibility index (Phi) is 10.2. The molecule has 2 saturated carbocycles. The maximum absolute atomic E-state index is 11.8. The van der Waals surface area contributed by atoms with Gasteiger partial charge >= 0.3 is 0 Å². The van der Waals surface area contributed by atoms with Crippen molar-refractivity contribution in [1.82, 2.24) is 15.0 Å². The summed E-state index contributed by atoms with van der Waals surface area (Å²) in [5.74, 6) is -0.168. The second-order valence-electron chi connectivity index (χ2n) is 8.34. The minimum atomic E-state index is -4.66. The van der Waals surface area contributed by atoms with Crippen molar-refractivity contribution < 1.29 is 51.8 Å². The molecule has 0 aromatic carbocycles. The van der Waals surface area contributed by atoms with E-state index in [1.165, 1.54) is 0 Å². The van der Waals surface area contributed by atoms with Gasteiger partial charge in [-0.05, 0) is 50.1 Å². The molecule has 22 heteroatoms. The van der Waals surface area contributed by atoms with Crippen molar-refractivity contribution in [3.8, 4) is 0 Å². The molecule has 3 rings (SSSR count). The van der Waals surface area contributed by atoms with Gasteiger partial charge in [-0.25, -0.2) is 8.42 Å². The highest BCUT2D eigenvalue weighted by Crippen LogP contribution is 2.31. The first-order valence-corrected chi connectivity index (χ1v) is 15.9. The van der Waals surface area contributed by atoms with E-state index in [1.807, 2.05) is 0 Å². The molecule has 4 N–H and O–H groups in total. The third-order valence-corrected chi connectivity index (χ3v) is 9.45. The fourth-order valence-corrected chi connectivity index (χ4v) is 7.56. The lowest BCUT2D eigenvalue weighted by molar-refractivity contribution is 0.149. The van der Waals surface area contributed by atoms with Crippen LogP contribution in [0.3, 0.4) is 0 Å². The summed E-state index contributed by atoms with van der Waals surface area (Å²) in [6.07, 6.45) is -2.79. The molecule has 1 aromatic heterocycles. The van der Waals surface area contributed by atoms with E-state index in [0.29, 0.717) is 0 Å². The highest BCUT2D eigenvalue weighted by atomic mass is 35.5. The molecular formula is C15H22ClN5O12S4-2. The van der Waals surface area contributed by atoms with Gasteiger partial charge in [-0.15, -0.1) is 0 Å². The zero-order valence-corrected chi connectivity index (χ0v) is 22.6. The number of aromatic nitrogens is 3. The van der Waals surface area contributed by atoms with Gasteiger partial charge in [0.1, 0.15) is 10.5 Å². The number of hydrogen-bond donors (Lipinski definition) is 4. The van der Waals surface area contributed by atoms with Crippen molar-refractivity contribution in [2.24, 2.45) is 0 Å². The first-order chi connectivity index (χ1) is 17.1. The summed E-state index contributed by atoms with van der Waals surface area (Å²) >= 11 is -0.0609. The quantitative estimate of drug-likeness (QED) is 0.185. The summed E-state index contributed by atoms with van der Waals surface area (Å²) in [6, 6.07) is -1.21. The molecule has 37 heavy (non-hydrogen) atoms. The first-order valence-electron chi connectivity index (χ1n) is 10.5. The SMILES string of the molecule is O=S([O-])OC1CC(Nc2nc(Cl)nc(NC3CCC(OS(=O)[O-])C(S(=O)(=O)O)C3)n2)CCC1S(=O)(=O)O. The van der Waals surface area contributed by atoms with Crippen LogP contribution in [0.4, 0.5) is 11.9 Å².